The smallest absolute Gasteiger partial charge is 0.282 e. The van der Waals surface area contributed by atoms with Crippen LogP contribution in [-0.4, -0.2) is 36.4 Å². The summed E-state index contributed by atoms with van der Waals surface area (Å²) < 4.78 is 5.70. The second-order valence-corrected chi connectivity index (χ2v) is 8.21. The Labute approximate surface area is 181 Å². The van der Waals surface area contributed by atoms with E-state index >= 15 is 0 Å². The van der Waals surface area contributed by atoms with E-state index in [1.165, 1.54) is 4.90 Å². The zero-order valence-electron chi connectivity index (χ0n) is 17.2. The van der Waals surface area contributed by atoms with Gasteiger partial charge in [0.05, 0.1) is 17.9 Å². The second-order valence-electron chi connectivity index (χ2n) is 7.77. The predicted molar refractivity (Wildman–Crippen MR) is 118 cm³/mol. The van der Waals surface area contributed by atoms with Gasteiger partial charge in [0.25, 0.3) is 11.8 Å². The van der Waals surface area contributed by atoms with E-state index in [-0.39, 0.29) is 11.8 Å². The molecule has 0 N–H and O–H groups in total. The summed E-state index contributed by atoms with van der Waals surface area (Å²) in [6.07, 6.45) is 2.12. The van der Waals surface area contributed by atoms with Gasteiger partial charge in [-0.25, -0.2) is 4.90 Å². The van der Waals surface area contributed by atoms with Gasteiger partial charge >= 0.3 is 0 Å². The molecule has 0 aliphatic carbocycles. The number of imide groups is 1. The van der Waals surface area contributed by atoms with E-state index in [0.717, 1.165) is 25.9 Å². The molecule has 1 fully saturated rings. The molecule has 0 radical (unpaired) electrons. The SMILES string of the molecule is CCOc1ccccc1N1C(=O)C(c2ccc(Cl)cc2)=C(N2CCCC(C)C2)C1=O. The number of para-hydroxylation sites is 2. The summed E-state index contributed by atoms with van der Waals surface area (Å²) in [5.74, 6) is 0.352. The highest BCUT2D eigenvalue weighted by Crippen LogP contribution is 2.39. The fourth-order valence-corrected chi connectivity index (χ4v) is 4.35. The predicted octanol–water partition coefficient (Wildman–Crippen LogP) is 4.76. The van der Waals surface area contributed by atoms with E-state index in [1.54, 1.807) is 42.5 Å². The summed E-state index contributed by atoms with van der Waals surface area (Å²) in [4.78, 5) is 30.6. The van der Waals surface area contributed by atoms with Crippen LogP contribution >= 0.6 is 11.6 Å². The number of carbonyl (C=O) groups is 2. The molecule has 2 heterocycles. The van der Waals surface area contributed by atoms with Gasteiger partial charge in [-0.15, -0.1) is 0 Å². The van der Waals surface area contributed by atoms with Crippen molar-refractivity contribution in [2.75, 3.05) is 24.6 Å². The third-order valence-electron chi connectivity index (χ3n) is 5.57. The summed E-state index contributed by atoms with van der Waals surface area (Å²) >= 11 is 6.06. The van der Waals surface area contributed by atoms with Gasteiger partial charge in [-0.05, 0) is 55.5 Å². The van der Waals surface area contributed by atoms with Crippen LogP contribution in [-0.2, 0) is 9.59 Å². The minimum absolute atomic E-state index is 0.300. The Balaban J connectivity index is 1.83. The number of amides is 2. The number of piperidine rings is 1. The average molecular weight is 425 g/mol. The number of halogens is 1. The quantitative estimate of drug-likeness (QED) is 0.649. The Morgan fingerprint density at radius 3 is 2.50 bits per heavy atom. The lowest BCUT2D eigenvalue weighted by atomic mass is 9.98. The van der Waals surface area contributed by atoms with E-state index in [4.69, 9.17) is 16.3 Å². The number of anilines is 1. The van der Waals surface area contributed by atoms with Crippen molar-refractivity contribution in [2.24, 2.45) is 5.92 Å². The number of ether oxygens (including phenoxy) is 1. The molecule has 1 unspecified atom stereocenters. The summed E-state index contributed by atoms with van der Waals surface area (Å²) in [5.41, 5.74) is 2.07. The largest absolute Gasteiger partial charge is 0.492 e. The third-order valence-corrected chi connectivity index (χ3v) is 5.82. The second kappa shape index (κ2) is 8.52. The van der Waals surface area contributed by atoms with Gasteiger partial charge in [0.2, 0.25) is 0 Å². The van der Waals surface area contributed by atoms with Crippen LogP contribution in [0, 0.1) is 5.92 Å². The van der Waals surface area contributed by atoms with Gasteiger partial charge in [-0.1, -0.05) is 42.8 Å². The molecule has 2 amide bonds. The van der Waals surface area contributed by atoms with Crippen LogP contribution in [0.1, 0.15) is 32.3 Å². The number of hydrogen-bond donors (Lipinski definition) is 0. The molecule has 6 heteroatoms. The van der Waals surface area contributed by atoms with Crippen LogP contribution in [0.5, 0.6) is 5.75 Å². The van der Waals surface area contributed by atoms with Crippen molar-refractivity contribution < 1.29 is 14.3 Å². The lowest BCUT2D eigenvalue weighted by molar-refractivity contribution is -0.120. The Morgan fingerprint density at radius 1 is 1.07 bits per heavy atom. The van der Waals surface area contributed by atoms with Gasteiger partial charge in [0, 0.05) is 18.1 Å². The fraction of sp³-hybridized carbons (Fsp3) is 0.333. The van der Waals surface area contributed by atoms with Crippen LogP contribution in [0.3, 0.4) is 0 Å². The van der Waals surface area contributed by atoms with Crippen LogP contribution in [0.15, 0.2) is 54.2 Å². The lowest BCUT2D eigenvalue weighted by Crippen LogP contribution is -2.39. The molecule has 2 aliphatic rings. The topological polar surface area (TPSA) is 49.9 Å². The highest BCUT2D eigenvalue weighted by molar-refractivity contribution is 6.45. The van der Waals surface area contributed by atoms with Crippen molar-refractivity contribution in [3.63, 3.8) is 0 Å². The van der Waals surface area contributed by atoms with E-state index in [1.807, 2.05) is 13.0 Å². The number of nitrogens with zero attached hydrogens (tertiary/aromatic N) is 2. The number of likely N-dealkylation sites (tertiary alicyclic amines) is 1. The van der Waals surface area contributed by atoms with Crippen LogP contribution in [0.2, 0.25) is 5.02 Å². The average Bonchev–Trinajstić information content (AvgIpc) is 2.99. The Hall–Kier alpha value is -2.79. The maximum Gasteiger partial charge on any atom is 0.282 e. The third kappa shape index (κ3) is 3.70. The molecule has 2 aromatic rings. The minimum Gasteiger partial charge on any atom is -0.492 e. The first-order valence-corrected chi connectivity index (χ1v) is 10.7. The molecular formula is C24H25ClN2O3. The summed E-state index contributed by atoms with van der Waals surface area (Å²) in [6, 6.07) is 14.3. The first kappa shape index (κ1) is 20.5. The summed E-state index contributed by atoms with van der Waals surface area (Å²) in [6.45, 7) is 6.02. The molecule has 0 saturated carbocycles. The van der Waals surface area contributed by atoms with Gasteiger partial charge in [0.15, 0.2) is 0 Å². The summed E-state index contributed by atoms with van der Waals surface area (Å²) in [7, 11) is 0. The van der Waals surface area contributed by atoms with Crippen molar-refractivity contribution in [1.29, 1.82) is 0 Å². The molecule has 4 rings (SSSR count). The first-order chi connectivity index (χ1) is 14.5. The van der Waals surface area contributed by atoms with Gasteiger partial charge in [-0.2, -0.15) is 0 Å². The molecule has 156 valence electrons. The lowest BCUT2D eigenvalue weighted by Gasteiger charge is -2.33. The monoisotopic (exact) mass is 424 g/mol. The normalized spacial score (nSPS) is 19.6. The van der Waals surface area contributed by atoms with Crippen molar-refractivity contribution in [1.82, 2.24) is 4.90 Å². The van der Waals surface area contributed by atoms with Gasteiger partial charge in [0.1, 0.15) is 11.4 Å². The van der Waals surface area contributed by atoms with Gasteiger partial charge < -0.3 is 9.64 Å². The number of benzene rings is 2. The number of carbonyl (C=O) groups excluding carboxylic acids is 2. The van der Waals surface area contributed by atoms with E-state index in [9.17, 15) is 9.59 Å². The zero-order chi connectivity index (χ0) is 21.3. The maximum atomic E-state index is 13.7. The molecule has 1 atom stereocenters. The van der Waals surface area contributed by atoms with Crippen molar-refractivity contribution in [2.45, 2.75) is 26.7 Å². The van der Waals surface area contributed by atoms with Crippen molar-refractivity contribution >= 4 is 34.7 Å². The van der Waals surface area contributed by atoms with Crippen molar-refractivity contribution in [3.8, 4) is 5.75 Å². The number of hydrogen-bond acceptors (Lipinski definition) is 4. The van der Waals surface area contributed by atoms with Gasteiger partial charge in [-0.3, -0.25) is 9.59 Å². The Kier molecular flexibility index (Phi) is 5.82. The Morgan fingerprint density at radius 2 is 1.80 bits per heavy atom. The highest BCUT2D eigenvalue weighted by atomic mass is 35.5. The number of rotatable bonds is 5. The zero-order valence-corrected chi connectivity index (χ0v) is 18.0. The maximum absolute atomic E-state index is 13.7. The van der Waals surface area contributed by atoms with E-state index < -0.39 is 0 Å². The molecule has 0 aromatic heterocycles. The molecule has 2 aliphatic heterocycles. The molecule has 30 heavy (non-hydrogen) atoms. The molecule has 0 spiro atoms. The van der Waals surface area contributed by atoms with Crippen molar-refractivity contribution in [3.05, 3.63) is 64.8 Å². The highest BCUT2D eigenvalue weighted by Gasteiger charge is 2.44. The standard InChI is InChI=1S/C24H25ClN2O3/c1-3-30-20-9-5-4-8-19(20)27-23(28)21(17-10-12-18(25)13-11-17)22(24(27)29)26-14-6-7-16(2)15-26/h4-5,8-13,16H,3,6-7,14-15H2,1-2H3. The Bertz CT molecular complexity index is 1000. The molecule has 2 aromatic carbocycles. The van der Waals surface area contributed by atoms with Crippen LogP contribution < -0.4 is 9.64 Å². The molecular weight excluding hydrogens is 400 g/mol. The van der Waals surface area contributed by atoms with E-state index in [0.29, 0.717) is 45.8 Å². The van der Waals surface area contributed by atoms with E-state index in [2.05, 4.69) is 11.8 Å². The summed E-state index contributed by atoms with van der Waals surface area (Å²) in [5, 5.41) is 0.586. The molecule has 1 saturated heterocycles. The van der Waals surface area contributed by atoms with Crippen LogP contribution in [0.4, 0.5) is 5.69 Å². The minimum atomic E-state index is -0.331. The molecule has 5 nitrogen and oxygen atoms in total. The van der Waals surface area contributed by atoms with Crippen LogP contribution in [0.25, 0.3) is 5.57 Å². The first-order valence-electron chi connectivity index (χ1n) is 10.4. The molecule has 0 bridgehead atoms. The fourth-order valence-electron chi connectivity index (χ4n) is 4.22.